The molecule has 1 aromatic rings. The van der Waals surface area contributed by atoms with Crippen LogP contribution in [0.15, 0.2) is 12.1 Å². The maximum atomic E-state index is 10.0. The number of hydrogen-bond acceptors (Lipinski definition) is 2. The second-order valence-corrected chi connectivity index (χ2v) is 8.22. The molecule has 0 fully saturated rings. The average molecular weight is 275 g/mol. The van der Waals surface area contributed by atoms with Crippen LogP contribution in [0.3, 0.4) is 0 Å². The van der Waals surface area contributed by atoms with Gasteiger partial charge in [-0.25, -0.2) is 0 Å². The highest BCUT2D eigenvalue weighted by atomic mass is 16.3. The van der Waals surface area contributed by atoms with E-state index in [1.165, 1.54) is 11.1 Å². The molecule has 0 unspecified atom stereocenters. The van der Waals surface area contributed by atoms with Crippen molar-refractivity contribution >= 4 is 0 Å². The lowest BCUT2D eigenvalue weighted by atomic mass is 9.55. The van der Waals surface area contributed by atoms with Crippen LogP contribution in [-0.2, 0) is 12.0 Å². The van der Waals surface area contributed by atoms with Gasteiger partial charge < -0.3 is 10.4 Å². The van der Waals surface area contributed by atoms with Crippen LogP contribution in [0, 0.1) is 17.8 Å². The maximum Gasteiger partial charge on any atom is 0.118 e. The van der Waals surface area contributed by atoms with Gasteiger partial charge in [-0.05, 0) is 46.9 Å². The van der Waals surface area contributed by atoms with E-state index in [1.807, 2.05) is 13.0 Å². The molecule has 0 radical (unpaired) electrons. The van der Waals surface area contributed by atoms with E-state index in [-0.39, 0.29) is 16.4 Å². The summed E-state index contributed by atoms with van der Waals surface area (Å²) in [7, 11) is 0. The normalized spacial score (nSPS) is 18.8. The van der Waals surface area contributed by atoms with E-state index in [9.17, 15) is 5.11 Å². The van der Waals surface area contributed by atoms with E-state index in [0.717, 1.165) is 18.5 Å². The Morgan fingerprint density at radius 3 is 2.10 bits per heavy atom. The van der Waals surface area contributed by atoms with Gasteiger partial charge in [0.05, 0.1) is 5.54 Å². The fraction of sp³-hybridized carbons (Fsp3) is 0.667. The van der Waals surface area contributed by atoms with Gasteiger partial charge >= 0.3 is 0 Å². The molecular weight excluding hydrogens is 246 g/mol. The highest BCUT2D eigenvalue weighted by molar-refractivity contribution is 5.47. The van der Waals surface area contributed by atoms with Gasteiger partial charge in [-0.2, -0.15) is 0 Å². The molecule has 2 heteroatoms. The fourth-order valence-electron chi connectivity index (χ4n) is 4.24. The van der Waals surface area contributed by atoms with Crippen LogP contribution in [0.25, 0.3) is 0 Å². The third kappa shape index (κ3) is 2.05. The van der Waals surface area contributed by atoms with E-state index in [2.05, 4.69) is 52.9 Å². The van der Waals surface area contributed by atoms with Crippen LogP contribution < -0.4 is 5.32 Å². The van der Waals surface area contributed by atoms with Crippen molar-refractivity contribution in [3.8, 4) is 5.75 Å². The molecule has 1 aliphatic rings. The highest BCUT2D eigenvalue weighted by Gasteiger charge is 2.53. The van der Waals surface area contributed by atoms with Crippen molar-refractivity contribution < 1.29 is 5.11 Å². The Morgan fingerprint density at radius 1 is 1.05 bits per heavy atom. The van der Waals surface area contributed by atoms with Gasteiger partial charge in [0, 0.05) is 6.54 Å². The summed E-state index contributed by atoms with van der Waals surface area (Å²) < 4.78 is 0. The van der Waals surface area contributed by atoms with E-state index in [4.69, 9.17) is 0 Å². The van der Waals surface area contributed by atoms with E-state index in [0.29, 0.717) is 5.75 Å². The van der Waals surface area contributed by atoms with E-state index in [1.54, 1.807) is 0 Å². The summed E-state index contributed by atoms with van der Waals surface area (Å²) in [6, 6.07) is 4.16. The maximum absolute atomic E-state index is 10.0. The Morgan fingerprint density at radius 2 is 1.60 bits per heavy atom. The summed E-state index contributed by atoms with van der Waals surface area (Å²) in [5.41, 5.74) is 3.70. The van der Waals surface area contributed by atoms with E-state index >= 15 is 0 Å². The first kappa shape index (κ1) is 15.4. The lowest BCUT2D eigenvalue weighted by Gasteiger charge is -2.57. The standard InChI is InChI=1S/C18H29NO/c1-12-10-14-13(11-15(12)20)8-9-19-18(14,16(2,3)4)17(5,6)7/h10-11,19-20H,8-9H2,1-7H3. The predicted molar refractivity (Wildman–Crippen MR) is 85.1 cm³/mol. The van der Waals surface area contributed by atoms with Crippen molar-refractivity contribution in [2.24, 2.45) is 10.8 Å². The van der Waals surface area contributed by atoms with Gasteiger partial charge in [-0.1, -0.05) is 47.6 Å². The number of nitrogens with one attached hydrogen (secondary N) is 1. The van der Waals surface area contributed by atoms with Crippen molar-refractivity contribution in [2.75, 3.05) is 6.54 Å². The van der Waals surface area contributed by atoms with Crippen LogP contribution in [0.2, 0.25) is 0 Å². The molecule has 0 aromatic heterocycles. The highest BCUT2D eigenvalue weighted by Crippen LogP contribution is 2.53. The SMILES string of the molecule is Cc1cc2c(cc1O)CCNC2(C(C)(C)C)C(C)(C)C. The van der Waals surface area contributed by atoms with Gasteiger partial charge in [0.1, 0.15) is 5.75 Å². The molecule has 2 nitrogen and oxygen atoms in total. The van der Waals surface area contributed by atoms with Gasteiger partial charge in [0.25, 0.3) is 0 Å². The number of rotatable bonds is 0. The van der Waals surface area contributed by atoms with E-state index < -0.39 is 0 Å². The van der Waals surface area contributed by atoms with Crippen molar-refractivity contribution in [1.29, 1.82) is 0 Å². The zero-order valence-corrected chi connectivity index (χ0v) is 14.0. The smallest absolute Gasteiger partial charge is 0.118 e. The molecule has 1 aliphatic heterocycles. The lowest BCUT2D eigenvalue weighted by Crippen LogP contribution is -2.62. The topological polar surface area (TPSA) is 32.3 Å². The van der Waals surface area contributed by atoms with Crippen LogP contribution >= 0.6 is 0 Å². The largest absolute Gasteiger partial charge is 0.508 e. The van der Waals surface area contributed by atoms with Gasteiger partial charge in [0.15, 0.2) is 0 Å². The van der Waals surface area contributed by atoms with Crippen LogP contribution in [0.4, 0.5) is 0 Å². The number of phenolic OH excluding ortho intramolecular Hbond substituents is 1. The van der Waals surface area contributed by atoms with Gasteiger partial charge in [0.2, 0.25) is 0 Å². The van der Waals surface area contributed by atoms with Crippen LogP contribution in [0.1, 0.15) is 58.2 Å². The summed E-state index contributed by atoms with van der Waals surface area (Å²) in [6.07, 6.45) is 0.983. The summed E-state index contributed by atoms with van der Waals surface area (Å²) in [5.74, 6) is 0.419. The molecule has 0 saturated carbocycles. The zero-order valence-electron chi connectivity index (χ0n) is 14.0. The molecule has 112 valence electrons. The predicted octanol–water partition coefficient (Wildman–Crippen LogP) is 4.13. The first-order valence-electron chi connectivity index (χ1n) is 7.59. The summed E-state index contributed by atoms with van der Waals surface area (Å²) in [5, 5.41) is 13.9. The summed E-state index contributed by atoms with van der Waals surface area (Å²) >= 11 is 0. The van der Waals surface area contributed by atoms with Gasteiger partial charge in [-0.15, -0.1) is 0 Å². The third-order valence-corrected chi connectivity index (χ3v) is 4.86. The molecule has 2 N–H and O–H groups in total. The minimum absolute atomic E-state index is 0.0871. The molecule has 0 bridgehead atoms. The van der Waals surface area contributed by atoms with Gasteiger partial charge in [-0.3, -0.25) is 0 Å². The monoisotopic (exact) mass is 275 g/mol. The Hall–Kier alpha value is -1.02. The minimum atomic E-state index is -0.0912. The lowest BCUT2D eigenvalue weighted by molar-refractivity contribution is 0.0111. The molecule has 1 aromatic carbocycles. The molecular formula is C18H29NO. The number of aryl methyl sites for hydroxylation is 1. The third-order valence-electron chi connectivity index (χ3n) is 4.86. The Labute approximate surface area is 123 Å². The first-order chi connectivity index (χ1) is 9.00. The van der Waals surface area contributed by atoms with Crippen LogP contribution in [0.5, 0.6) is 5.75 Å². The second-order valence-electron chi connectivity index (χ2n) is 8.22. The number of aromatic hydroxyl groups is 1. The first-order valence-corrected chi connectivity index (χ1v) is 7.59. The molecule has 20 heavy (non-hydrogen) atoms. The van der Waals surface area contributed by atoms with Crippen molar-refractivity contribution in [1.82, 2.24) is 5.32 Å². The number of fused-ring (bicyclic) bond motifs is 1. The summed E-state index contributed by atoms with van der Waals surface area (Å²) in [4.78, 5) is 0. The molecule has 0 aliphatic carbocycles. The molecule has 0 atom stereocenters. The molecule has 2 rings (SSSR count). The minimum Gasteiger partial charge on any atom is -0.508 e. The number of phenols is 1. The van der Waals surface area contributed by atoms with Crippen molar-refractivity contribution in [3.63, 3.8) is 0 Å². The van der Waals surface area contributed by atoms with Crippen molar-refractivity contribution in [3.05, 3.63) is 28.8 Å². The number of benzene rings is 1. The molecule has 1 heterocycles. The zero-order chi connectivity index (χ0) is 15.3. The second kappa shape index (κ2) is 4.49. The molecule has 0 amide bonds. The average Bonchev–Trinajstić information content (AvgIpc) is 2.26. The Bertz CT molecular complexity index is 503. The Balaban J connectivity index is 2.79. The molecule has 0 saturated heterocycles. The van der Waals surface area contributed by atoms with Crippen molar-refractivity contribution in [2.45, 2.75) is 60.4 Å². The summed E-state index contributed by atoms with van der Waals surface area (Å²) in [6.45, 7) is 16.8. The number of hydrogen-bond donors (Lipinski definition) is 2. The fourth-order valence-corrected chi connectivity index (χ4v) is 4.24. The Kier molecular flexibility index (Phi) is 3.45. The quantitative estimate of drug-likeness (QED) is 0.746. The van der Waals surface area contributed by atoms with Crippen LogP contribution in [-0.4, -0.2) is 11.7 Å². The molecule has 0 spiro atoms.